The van der Waals surface area contributed by atoms with Crippen molar-refractivity contribution in [2.75, 3.05) is 0 Å². The number of imidazole rings is 1. The zero-order chi connectivity index (χ0) is 10.7. The van der Waals surface area contributed by atoms with E-state index in [0.717, 1.165) is 29.6 Å². The SMILES string of the molecule is Cc1csc(CNCc2nccn2C)n1. The van der Waals surface area contributed by atoms with Crippen molar-refractivity contribution in [3.8, 4) is 0 Å². The number of aromatic nitrogens is 3. The molecule has 0 fully saturated rings. The van der Waals surface area contributed by atoms with Gasteiger partial charge in [0.2, 0.25) is 0 Å². The molecule has 2 heterocycles. The molecule has 2 rings (SSSR count). The molecule has 0 atom stereocenters. The summed E-state index contributed by atoms with van der Waals surface area (Å²) in [5.74, 6) is 1.04. The number of aryl methyl sites for hydroxylation is 2. The van der Waals surface area contributed by atoms with Crippen molar-refractivity contribution in [2.45, 2.75) is 20.0 Å². The van der Waals surface area contributed by atoms with Crippen molar-refractivity contribution >= 4 is 11.3 Å². The Labute approximate surface area is 93.0 Å². The first-order chi connectivity index (χ1) is 7.25. The van der Waals surface area contributed by atoms with Gasteiger partial charge in [-0.2, -0.15) is 0 Å². The van der Waals surface area contributed by atoms with Crippen LogP contribution in [-0.2, 0) is 20.1 Å². The van der Waals surface area contributed by atoms with E-state index < -0.39 is 0 Å². The fraction of sp³-hybridized carbons (Fsp3) is 0.400. The van der Waals surface area contributed by atoms with Crippen LogP contribution in [0, 0.1) is 6.92 Å². The van der Waals surface area contributed by atoms with Crippen molar-refractivity contribution in [3.63, 3.8) is 0 Å². The second kappa shape index (κ2) is 4.55. The molecule has 0 spiro atoms. The molecule has 0 unspecified atom stereocenters. The predicted octanol–water partition coefficient (Wildman–Crippen LogP) is 1.47. The predicted molar refractivity (Wildman–Crippen MR) is 60.6 cm³/mol. The van der Waals surface area contributed by atoms with Crippen LogP contribution in [0.3, 0.4) is 0 Å². The number of hydrogen-bond donors (Lipinski definition) is 1. The topological polar surface area (TPSA) is 42.7 Å². The Morgan fingerprint density at radius 2 is 2.33 bits per heavy atom. The van der Waals surface area contributed by atoms with Crippen LogP contribution in [0.15, 0.2) is 17.8 Å². The van der Waals surface area contributed by atoms with Crippen LogP contribution in [0.25, 0.3) is 0 Å². The quantitative estimate of drug-likeness (QED) is 0.852. The van der Waals surface area contributed by atoms with Crippen LogP contribution < -0.4 is 5.32 Å². The maximum atomic E-state index is 4.38. The summed E-state index contributed by atoms with van der Waals surface area (Å²) in [6, 6.07) is 0. The van der Waals surface area contributed by atoms with Gasteiger partial charge in [-0.1, -0.05) is 0 Å². The third-order valence-corrected chi connectivity index (χ3v) is 3.11. The third kappa shape index (κ3) is 2.64. The fourth-order valence-corrected chi connectivity index (χ4v) is 2.07. The lowest BCUT2D eigenvalue weighted by atomic mass is 10.5. The van der Waals surface area contributed by atoms with Crippen LogP contribution in [0.4, 0.5) is 0 Å². The van der Waals surface area contributed by atoms with E-state index in [2.05, 4.69) is 20.7 Å². The summed E-state index contributed by atoms with van der Waals surface area (Å²) in [5, 5.41) is 6.52. The minimum Gasteiger partial charge on any atom is -0.337 e. The molecule has 0 aromatic carbocycles. The van der Waals surface area contributed by atoms with Gasteiger partial charge in [-0.3, -0.25) is 0 Å². The summed E-state index contributed by atoms with van der Waals surface area (Å²) < 4.78 is 2.01. The maximum Gasteiger partial charge on any atom is 0.122 e. The van der Waals surface area contributed by atoms with E-state index in [1.807, 2.05) is 30.9 Å². The number of nitrogens with one attached hydrogen (secondary N) is 1. The molecular formula is C10H14N4S. The largest absolute Gasteiger partial charge is 0.337 e. The first-order valence-electron chi connectivity index (χ1n) is 4.83. The molecule has 80 valence electrons. The molecule has 0 amide bonds. The van der Waals surface area contributed by atoms with Crippen LogP contribution in [0.5, 0.6) is 0 Å². The lowest BCUT2D eigenvalue weighted by Gasteiger charge is -2.02. The van der Waals surface area contributed by atoms with Gasteiger partial charge in [0.1, 0.15) is 10.8 Å². The molecule has 5 heteroatoms. The highest BCUT2D eigenvalue weighted by Gasteiger charge is 2.00. The van der Waals surface area contributed by atoms with Crippen LogP contribution in [0.1, 0.15) is 16.5 Å². The zero-order valence-electron chi connectivity index (χ0n) is 8.90. The van der Waals surface area contributed by atoms with E-state index in [1.165, 1.54) is 0 Å². The van der Waals surface area contributed by atoms with Gasteiger partial charge in [0.05, 0.1) is 6.54 Å². The monoisotopic (exact) mass is 222 g/mol. The second-order valence-electron chi connectivity index (χ2n) is 3.44. The van der Waals surface area contributed by atoms with Crippen LogP contribution in [-0.4, -0.2) is 14.5 Å². The molecule has 0 radical (unpaired) electrons. The Hall–Kier alpha value is -1.20. The zero-order valence-corrected chi connectivity index (χ0v) is 9.71. The smallest absolute Gasteiger partial charge is 0.122 e. The van der Waals surface area contributed by atoms with Crippen molar-refractivity contribution in [3.05, 3.63) is 34.3 Å². The van der Waals surface area contributed by atoms with E-state index >= 15 is 0 Å². The van der Waals surface area contributed by atoms with Gasteiger partial charge in [0.15, 0.2) is 0 Å². The van der Waals surface area contributed by atoms with Gasteiger partial charge in [0.25, 0.3) is 0 Å². The highest BCUT2D eigenvalue weighted by Crippen LogP contribution is 2.08. The van der Waals surface area contributed by atoms with Gasteiger partial charge < -0.3 is 9.88 Å². The molecule has 0 bridgehead atoms. The first-order valence-corrected chi connectivity index (χ1v) is 5.71. The molecule has 15 heavy (non-hydrogen) atoms. The van der Waals surface area contributed by atoms with Gasteiger partial charge in [-0.25, -0.2) is 9.97 Å². The molecule has 0 aliphatic carbocycles. The molecule has 0 saturated heterocycles. The Balaban J connectivity index is 1.83. The van der Waals surface area contributed by atoms with Gasteiger partial charge >= 0.3 is 0 Å². The normalized spacial score (nSPS) is 10.8. The Morgan fingerprint density at radius 3 is 2.93 bits per heavy atom. The Bertz CT molecular complexity index is 432. The molecule has 1 N–H and O–H groups in total. The Kier molecular flexibility index (Phi) is 3.13. The summed E-state index contributed by atoms with van der Waals surface area (Å²) in [4.78, 5) is 8.62. The van der Waals surface area contributed by atoms with Gasteiger partial charge in [-0.05, 0) is 6.92 Å². The van der Waals surface area contributed by atoms with Gasteiger partial charge in [0, 0.05) is 37.1 Å². The average molecular weight is 222 g/mol. The summed E-state index contributed by atoms with van der Waals surface area (Å²) in [6.45, 7) is 3.60. The second-order valence-corrected chi connectivity index (χ2v) is 4.38. The first kappa shape index (κ1) is 10.3. The number of thiazole rings is 1. The summed E-state index contributed by atoms with van der Waals surface area (Å²) in [5.41, 5.74) is 1.09. The summed E-state index contributed by atoms with van der Waals surface area (Å²) in [7, 11) is 2.00. The highest BCUT2D eigenvalue weighted by atomic mass is 32.1. The molecule has 0 saturated carbocycles. The molecule has 4 nitrogen and oxygen atoms in total. The summed E-state index contributed by atoms with van der Waals surface area (Å²) >= 11 is 1.69. The maximum absolute atomic E-state index is 4.38. The summed E-state index contributed by atoms with van der Waals surface area (Å²) in [6.07, 6.45) is 3.76. The van der Waals surface area contributed by atoms with E-state index in [-0.39, 0.29) is 0 Å². The minimum atomic E-state index is 0.780. The lowest BCUT2D eigenvalue weighted by molar-refractivity contribution is 0.636. The number of nitrogens with zero attached hydrogens (tertiary/aromatic N) is 3. The van der Waals surface area contributed by atoms with E-state index in [1.54, 1.807) is 11.3 Å². The number of hydrogen-bond acceptors (Lipinski definition) is 4. The average Bonchev–Trinajstić information content (AvgIpc) is 2.77. The van der Waals surface area contributed by atoms with Crippen molar-refractivity contribution in [2.24, 2.45) is 7.05 Å². The number of rotatable bonds is 4. The molecular weight excluding hydrogens is 208 g/mol. The van der Waals surface area contributed by atoms with Crippen LogP contribution in [0.2, 0.25) is 0 Å². The van der Waals surface area contributed by atoms with E-state index in [4.69, 9.17) is 0 Å². The molecule has 0 aliphatic heterocycles. The molecule has 2 aromatic rings. The Morgan fingerprint density at radius 1 is 1.47 bits per heavy atom. The lowest BCUT2D eigenvalue weighted by Crippen LogP contribution is -2.15. The van der Waals surface area contributed by atoms with Crippen molar-refractivity contribution in [1.82, 2.24) is 19.9 Å². The third-order valence-electron chi connectivity index (χ3n) is 2.15. The van der Waals surface area contributed by atoms with E-state index in [0.29, 0.717) is 0 Å². The van der Waals surface area contributed by atoms with Gasteiger partial charge in [-0.15, -0.1) is 11.3 Å². The van der Waals surface area contributed by atoms with Crippen molar-refractivity contribution in [1.29, 1.82) is 0 Å². The van der Waals surface area contributed by atoms with E-state index in [9.17, 15) is 0 Å². The van der Waals surface area contributed by atoms with Crippen molar-refractivity contribution < 1.29 is 0 Å². The fourth-order valence-electron chi connectivity index (χ4n) is 1.33. The van der Waals surface area contributed by atoms with Crippen LogP contribution >= 0.6 is 11.3 Å². The standard InChI is InChI=1S/C10H14N4S/c1-8-7-15-10(13-8)6-11-5-9-12-3-4-14(9)2/h3-4,7,11H,5-6H2,1-2H3. The molecule has 2 aromatic heterocycles. The molecule has 0 aliphatic rings. The minimum absolute atomic E-state index is 0.780. The highest BCUT2D eigenvalue weighted by molar-refractivity contribution is 7.09.